The number of benzene rings is 3. The van der Waals surface area contributed by atoms with Gasteiger partial charge in [0.2, 0.25) is 5.90 Å². The fourth-order valence-corrected chi connectivity index (χ4v) is 2.69. The number of ether oxygens (including phenoxy) is 1. The normalized spacial score (nSPS) is 15.6. The fraction of sp³-hybridized carbons (Fsp3) is 0. The van der Waals surface area contributed by atoms with Gasteiger partial charge in [-0.15, -0.1) is 0 Å². The number of fused-ring (bicyclic) bond motifs is 1. The minimum atomic E-state index is -0.527. The summed E-state index contributed by atoms with van der Waals surface area (Å²) in [6.45, 7) is 0. The first-order valence-electron chi connectivity index (χ1n) is 7.51. The van der Waals surface area contributed by atoms with Crippen LogP contribution in [0.3, 0.4) is 0 Å². The van der Waals surface area contributed by atoms with Gasteiger partial charge in [0.05, 0.1) is 0 Å². The van der Waals surface area contributed by atoms with E-state index in [0.29, 0.717) is 5.56 Å². The second-order valence-electron chi connectivity index (χ2n) is 5.42. The lowest BCUT2D eigenvalue weighted by molar-refractivity contribution is -0.129. The Kier molecular flexibility index (Phi) is 3.35. The molecule has 3 aromatic rings. The fourth-order valence-electron chi connectivity index (χ4n) is 2.69. The number of carbonyl (C=O) groups is 1. The molecule has 1 aliphatic rings. The molecule has 0 fully saturated rings. The molecule has 0 bridgehead atoms. The van der Waals surface area contributed by atoms with Gasteiger partial charge in [0.1, 0.15) is 5.75 Å². The number of carbonyl (C=O) groups excluding carboxylic acids is 1. The first kappa shape index (κ1) is 14.2. The summed E-state index contributed by atoms with van der Waals surface area (Å²) in [7, 11) is 0. The molecule has 0 aliphatic carbocycles. The minimum absolute atomic E-state index is 0.0948. The van der Waals surface area contributed by atoms with Crippen molar-refractivity contribution in [3.8, 4) is 5.75 Å². The highest BCUT2D eigenvalue weighted by Gasteiger charge is 2.24. The zero-order valence-electron chi connectivity index (χ0n) is 12.6. The quantitative estimate of drug-likeness (QED) is 0.576. The highest BCUT2D eigenvalue weighted by atomic mass is 16.6. The van der Waals surface area contributed by atoms with Crippen LogP contribution in [0, 0.1) is 0 Å². The summed E-state index contributed by atoms with van der Waals surface area (Å²) in [4.78, 5) is 16.4. The maximum Gasteiger partial charge on any atom is 0.363 e. The first-order valence-corrected chi connectivity index (χ1v) is 7.51. The largest absolute Gasteiger partial charge is 0.507 e. The van der Waals surface area contributed by atoms with Crippen LogP contribution in [0.2, 0.25) is 0 Å². The Morgan fingerprint density at radius 2 is 1.67 bits per heavy atom. The molecule has 1 aliphatic heterocycles. The van der Waals surface area contributed by atoms with E-state index in [1.807, 2.05) is 60.7 Å². The van der Waals surface area contributed by atoms with Crippen LogP contribution in [-0.4, -0.2) is 17.0 Å². The predicted octanol–water partition coefficient (Wildman–Crippen LogP) is 3.89. The predicted molar refractivity (Wildman–Crippen MR) is 92.7 cm³/mol. The number of hydrogen-bond donors (Lipinski definition) is 1. The molecule has 4 rings (SSSR count). The molecule has 0 aromatic heterocycles. The van der Waals surface area contributed by atoms with Crippen LogP contribution < -0.4 is 0 Å². The maximum atomic E-state index is 12.1. The molecule has 4 heteroatoms. The molecule has 4 nitrogen and oxygen atoms in total. The van der Waals surface area contributed by atoms with E-state index in [-0.39, 0.29) is 17.3 Å². The van der Waals surface area contributed by atoms with Crippen molar-refractivity contribution in [3.63, 3.8) is 0 Å². The number of nitrogens with zero attached hydrogens (tertiary/aromatic N) is 1. The van der Waals surface area contributed by atoms with E-state index < -0.39 is 5.97 Å². The van der Waals surface area contributed by atoms with Crippen molar-refractivity contribution in [2.75, 3.05) is 0 Å². The van der Waals surface area contributed by atoms with Gasteiger partial charge in [-0.25, -0.2) is 9.79 Å². The van der Waals surface area contributed by atoms with Gasteiger partial charge < -0.3 is 9.84 Å². The van der Waals surface area contributed by atoms with E-state index in [1.54, 1.807) is 12.1 Å². The molecule has 0 saturated heterocycles. The van der Waals surface area contributed by atoms with Gasteiger partial charge in [-0.05, 0) is 35.0 Å². The summed E-state index contributed by atoms with van der Waals surface area (Å²) in [6, 6.07) is 20.3. The van der Waals surface area contributed by atoms with Crippen LogP contribution in [0.5, 0.6) is 5.75 Å². The molecule has 0 atom stereocenters. The molecule has 1 N–H and O–H groups in total. The molecule has 24 heavy (non-hydrogen) atoms. The van der Waals surface area contributed by atoms with Crippen molar-refractivity contribution in [2.24, 2.45) is 4.99 Å². The van der Waals surface area contributed by atoms with Crippen LogP contribution in [-0.2, 0) is 9.53 Å². The summed E-state index contributed by atoms with van der Waals surface area (Å²) < 4.78 is 5.25. The Balaban J connectivity index is 1.83. The van der Waals surface area contributed by atoms with E-state index in [1.165, 1.54) is 0 Å². The number of aliphatic imine (C=N–C) groups is 1. The molecule has 0 unspecified atom stereocenters. The first-order chi connectivity index (χ1) is 11.7. The molecule has 1 heterocycles. The maximum absolute atomic E-state index is 12.1. The molecule has 0 amide bonds. The lowest BCUT2D eigenvalue weighted by atomic mass is 10.0. The van der Waals surface area contributed by atoms with E-state index in [4.69, 9.17) is 4.74 Å². The summed E-state index contributed by atoms with van der Waals surface area (Å²) in [6.07, 6.45) is 1.57. The second-order valence-corrected chi connectivity index (χ2v) is 5.42. The number of phenols is 1. The Morgan fingerprint density at radius 3 is 2.50 bits per heavy atom. The summed E-state index contributed by atoms with van der Waals surface area (Å²) in [5, 5.41) is 12.0. The molecule has 0 saturated carbocycles. The average Bonchev–Trinajstić information content (AvgIpc) is 2.99. The molecule has 0 radical (unpaired) electrons. The molecule has 3 aromatic carbocycles. The third-order valence-electron chi connectivity index (χ3n) is 3.87. The second kappa shape index (κ2) is 5.66. The van der Waals surface area contributed by atoms with Crippen molar-refractivity contribution in [1.82, 2.24) is 0 Å². The standard InChI is InChI=1S/C20H13NO3/c22-18-11-10-13-6-4-5-9-15(13)16(18)12-17-20(23)24-19(21-17)14-7-2-1-3-8-14/h1-12,22H/b17-12+. The summed E-state index contributed by atoms with van der Waals surface area (Å²) in [5.41, 5.74) is 1.45. The van der Waals surface area contributed by atoms with Crippen LogP contribution in [0.4, 0.5) is 0 Å². The Hall–Kier alpha value is -3.40. The van der Waals surface area contributed by atoms with Gasteiger partial charge in [0.25, 0.3) is 0 Å². The average molecular weight is 315 g/mol. The van der Waals surface area contributed by atoms with Crippen molar-refractivity contribution in [1.29, 1.82) is 0 Å². The van der Waals surface area contributed by atoms with Crippen LogP contribution in [0.15, 0.2) is 77.4 Å². The Bertz CT molecular complexity index is 1000. The topological polar surface area (TPSA) is 58.9 Å². The van der Waals surface area contributed by atoms with Crippen molar-refractivity contribution < 1.29 is 14.6 Å². The third-order valence-corrected chi connectivity index (χ3v) is 3.87. The summed E-state index contributed by atoms with van der Waals surface area (Å²) in [5.74, 6) is -0.162. The number of rotatable bonds is 2. The van der Waals surface area contributed by atoms with Crippen LogP contribution in [0.25, 0.3) is 16.8 Å². The molecular formula is C20H13NO3. The van der Waals surface area contributed by atoms with Crippen molar-refractivity contribution >= 4 is 28.7 Å². The van der Waals surface area contributed by atoms with Gasteiger partial charge in [-0.2, -0.15) is 0 Å². The summed E-state index contributed by atoms with van der Waals surface area (Å²) >= 11 is 0. The zero-order chi connectivity index (χ0) is 16.5. The zero-order valence-corrected chi connectivity index (χ0v) is 12.6. The van der Waals surface area contributed by atoms with Crippen molar-refractivity contribution in [3.05, 3.63) is 83.6 Å². The Morgan fingerprint density at radius 1 is 0.917 bits per heavy atom. The van der Waals surface area contributed by atoms with Gasteiger partial charge in [-0.1, -0.05) is 48.5 Å². The SMILES string of the molecule is O=C1OC(c2ccccc2)=N/C1=C/c1c(O)ccc2ccccc12. The highest BCUT2D eigenvalue weighted by molar-refractivity contribution is 6.13. The number of phenolic OH excluding ortho intramolecular Hbond substituents is 1. The third kappa shape index (κ3) is 2.44. The van der Waals surface area contributed by atoms with E-state index in [2.05, 4.69) is 4.99 Å². The minimum Gasteiger partial charge on any atom is -0.507 e. The Labute approximate surface area is 138 Å². The number of aromatic hydroxyl groups is 1. The smallest absolute Gasteiger partial charge is 0.363 e. The van der Waals surface area contributed by atoms with Gasteiger partial charge in [0.15, 0.2) is 5.70 Å². The highest BCUT2D eigenvalue weighted by Crippen LogP contribution is 2.30. The number of hydrogen-bond acceptors (Lipinski definition) is 4. The lowest BCUT2D eigenvalue weighted by Gasteiger charge is -2.05. The van der Waals surface area contributed by atoms with E-state index >= 15 is 0 Å². The van der Waals surface area contributed by atoms with E-state index in [9.17, 15) is 9.90 Å². The van der Waals surface area contributed by atoms with Gasteiger partial charge >= 0.3 is 5.97 Å². The van der Waals surface area contributed by atoms with E-state index in [0.717, 1.165) is 16.3 Å². The van der Waals surface area contributed by atoms with Gasteiger partial charge in [-0.3, -0.25) is 0 Å². The monoisotopic (exact) mass is 315 g/mol. The van der Waals surface area contributed by atoms with Crippen LogP contribution >= 0.6 is 0 Å². The lowest BCUT2D eigenvalue weighted by Crippen LogP contribution is -2.04. The number of esters is 1. The van der Waals surface area contributed by atoms with Crippen LogP contribution in [0.1, 0.15) is 11.1 Å². The van der Waals surface area contributed by atoms with Gasteiger partial charge in [0, 0.05) is 11.1 Å². The number of cyclic esters (lactones) is 1. The molecule has 0 spiro atoms. The molecular weight excluding hydrogens is 302 g/mol. The molecule has 116 valence electrons. The van der Waals surface area contributed by atoms with Crippen molar-refractivity contribution in [2.45, 2.75) is 0 Å².